The van der Waals surface area contributed by atoms with E-state index in [0.717, 1.165) is 4.90 Å². The fourth-order valence-corrected chi connectivity index (χ4v) is 1.82. The summed E-state index contributed by atoms with van der Waals surface area (Å²) < 4.78 is 4.92. The quantitative estimate of drug-likeness (QED) is 0.771. The van der Waals surface area contributed by atoms with Gasteiger partial charge in [-0.15, -0.1) is 11.8 Å². The minimum Gasteiger partial charge on any atom is -0.504 e. The molecule has 5 heteroatoms. The van der Waals surface area contributed by atoms with Crippen molar-refractivity contribution in [2.75, 3.05) is 7.11 Å². The summed E-state index contributed by atoms with van der Waals surface area (Å²) in [5.74, 6) is -0.477. The maximum absolute atomic E-state index is 10.6. The van der Waals surface area contributed by atoms with Crippen LogP contribution in [0.25, 0.3) is 0 Å². The van der Waals surface area contributed by atoms with Crippen LogP contribution < -0.4 is 4.74 Å². The van der Waals surface area contributed by atoms with Crippen molar-refractivity contribution in [1.29, 1.82) is 0 Å². The molecule has 1 aromatic rings. The molecule has 0 aromatic heterocycles. The molecule has 0 aliphatic heterocycles. The molecule has 1 rings (SSSR count). The van der Waals surface area contributed by atoms with Crippen molar-refractivity contribution < 1.29 is 19.7 Å². The molecule has 1 aromatic carbocycles. The third-order valence-corrected chi connectivity index (χ3v) is 2.89. The molecule has 1 atom stereocenters. The minimum absolute atomic E-state index is 0.0461. The number of phenolic OH excluding ortho intramolecular Hbond substituents is 1. The summed E-state index contributed by atoms with van der Waals surface area (Å²) in [6.45, 7) is 1.60. The molecule has 0 radical (unpaired) electrons. The van der Waals surface area contributed by atoms with E-state index < -0.39 is 11.2 Å². The lowest BCUT2D eigenvalue weighted by atomic mass is 10.3. The topological polar surface area (TPSA) is 66.8 Å². The molecule has 0 saturated carbocycles. The third-order valence-electron chi connectivity index (χ3n) is 1.81. The lowest BCUT2D eigenvalue weighted by molar-refractivity contribution is -0.136. The Morgan fingerprint density at radius 2 is 2.20 bits per heavy atom. The fourth-order valence-electron chi connectivity index (χ4n) is 0.986. The monoisotopic (exact) mass is 228 g/mol. The number of rotatable bonds is 4. The van der Waals surface area contributed by atoms with E-state index in [1.54, 1.807) is 19.1 Å². The van der Waals surface area contributed by atoms with Crippen molar-refractivity contribution in [3.8, 4) is 11.5 Å². The maximum atomic E-state index is 10.6. The van der Waals surface area contributed by atoms with E-state index in [9.17, 15) is 9.90 Å². The van der Waals surface area contributed by atoms with Gasteiger partial charge in [0, 0.05) is 4.90 Å². The van der Waals surface area contributed by atoms with Gasteiger partial charge in [-0.05, 0) is 25.1 Å². The number of carboxylic acid groups (broad SMARTS) is 1. The molecule has 15 heavy (non-hydrogen) atoms. The number of carboxylic acids is 1. The van der Waals surface area contributed by atoms with Crippen LogP contribution in [0.5, 0.6) is 11.5 Å². The molecular weight excluding hydrogens is 216 g/mol. The number of aromatic hydroxyl groups is 1. The number of hydrogen-bond acceptors (Lipinski definition) is 4. The highest BCUT2D eigenvalue weighted by atomic mass is 32.2. The van der Waals surface area contributed by atoms with Crippen LogP contribution in [0.3, 0.4) is 0 Å². The van der Waals surface area contributed by atoms with Crippen LogP contribution in [-0.4, -0.2) is 28.5 Å². The highest BCUT2D eigenvalue weighted by Crippen LogP contribution is 2.32. The largest absolute Gasteiger partial charge is 0.504 e. The molecule has 1 unspecified atom stereocenters. The van der Waals surface area contributed by atoms with Crippen molar-refractivity contribution in [2.45, 2.75) is 17.1 Å². The van der Waals surface area contributed by atoms with Crippen LogP contribution in [0, 0.1) is 0 Å². The number of aliphatic carboxylic acids is 1. The maximum Gasteiger partial charge on any atom is 0.316 e. The highest BCUT2D eigenvalue weighted by Gasteiger charge is 2.13. The number of thioether (sulfide) groups is 1. The normalized spacial score (nSPS) is 12.1. The molecule has 0 aliphatic rings. The van der Waals surface area contributed by atoms with Crippen LogP contribution in [0.4, 0.5) is 0 Å². The lowest BCUT2D eigenvalue weighted by Crippen LogP contribution is -2.10. The number of carbonyl (C=O) groups is 1. The first-order valence-electron chi connectivity index (χ1n) is 4.31. The standard InChI is InChI=1S/C10H12O4S/c1-6(10(12)13)15-7-3-4-8(11)9(5-7)14-2/h3-6,11H,1-2H3,(H,12,13). The Kier molecular flexibility index (Phi) is 3.85. The average molecular weight is 228 g/mol. The summed E-state index contributed by atoms with van der Waals surface area (Å²) in [7, 11) is 1.45. The molecule has 0 amide bonds. The van der Waals surface area contributed by atoms with Gasteiger partial charge in [-0.1, -0.05) is 0 Å². The zero-order valence-electron chi connectivity index (χ0n) is 8.43. The van der Waals surface area contributed by atoms with Crippen molar-refractivity contribution in [1.82, 2.24) is 0 Å². The summed E-state index contributed by atoms with van der Waals surface area (Å²) in [5, 5.41) is 17.5. The minimum atomic E-state index is -0.868. The van der Waals surface area contributed by atoms with Crippen molar-refractivity contribution >= 4 is 17.7 Å². The van der Waals surface area contributed by atoms with E-state index in [0.29, 0.717) is 5.75 Å². The van der Waals surface area contributed by atoms with Crippen molar-refractivity contribution in [3.63, 3.8) is 0 Å². The summed E-state index contributed by atoms with van der Waals surface area (Å²) in [6.07, 6.45) is 0. The molecule has 4 nitrogen and oxygen atoms in total. The van der Waals surface area contributed by atoms with Gasteiger partial charge in [-0.3, -0.25) is 4.79 Å². The van der Waals surface area contributed by atoms with E-state index in [2.05, 4.69) is 0 Å². The summed E-state index contributed by atoms with van der Waals surface area (Å²) in [5.41, 5.74) is 0. The molecule has 0 bridgehead atoms. The van der Waals surface area contributed by atoms with E-state index >= 15 is 0 Å². The fraction of sp³-hybridized carbons (Fsp3) is 0.300. The van der Waals surface area contributed by atoms with Crippen LogP contribution in [0.15, 0.2) is 23.1 Å². The van der Waals surface area contributed by atoms with Gasteiger partial charge in [0.25, 0.3) is 0 Å². The Morgan fingerprint density at radius 1 is 1.53 bits per heavy atom. The summed E-state index contributed by atoms with van der Waals surface area (Å²) in [4.78, 5) is 11.4. The Balaban J connectivity index is 2.83. The molecule has 0 heterocycles. The molecular formula is C10H12O4S. The Morgan fingerprint density at radius 3 is 2.73 bits per heavy atom. The zero-order valence-corrected chi connectivity index (χ0v) is 9.25. The molecule has 0 spiro atoms. The average Bonchev–Trinajstić information content (AvgIpc) is 2.20. The predicted molar refractivity (Wildman–Crippen MR) is 57.6 cm³/mol. The van der Waals surface area contributed by atoms with Crippen LogP contribution in [0.2, 0.25) is 0 Å². The first-order valence-corrected chi connectivity index (χ1v) is 5.19. The van der Waals surface area contributed by atoms with Gasteiger partial charge >= 0.3 is 5.97 Å². The first kappa shape index (κ1) is 11.7. The smallest absolute Gasteiger partial charge is 0.316 e. The highest BCUT2D eigenvalue weighted by molar-refractivity contribution is 8.00. The van der Waals surface area contributed by atoms with Gasteiger partial charge < -0.3 is 14.9 Å². The molecule has 0 aliphatic carbocycles. The van der Waals surface area contributed by atoms with Gasteiger partial charge in [-0.25, -0.2) is 0 Å². The van der Waals surface area contributed by atoms with Gasteiger partial charge in [0.15, 0.2) is 11.5 Å². The predicted octanol–water partition coefficient (Wildman–Crippen LogP) is 1.97. The number of methoxy groups -OCH3 is 1. The molecule has 0 saturated heterocycles. The number of ether oxygens (including phenoxy) is 1. The lowest BCUT2D eigenvalue weighted by Gasteiger charge is -2.08. The molecule has 0 fully saturated rings. The SMILES string of the molecule is COc1cc(SC(C)C(=O)O)ccc1O. The Labute approximate surface area is 91.9 Å². The van der Waals surface area contributed by atoms with Crippen LogP contribution >= 0.6 is 11.8 Å². The third kappa shape index (κ3) is 3.06. The van der Waals surface area contributed by atoms with Gasteiger partial charge in [-0.2, -0.15) is 0 Å². The first-order chi connectivity index (χ1) is 7.04. The van der Waals surface area contributed by atoms with Crippen LogP contribution in [-0.2, 0) is 4.79 Å². The van der Waals surface area contributed by atoms with Crippen molar-refractivity contribution in [2.24, 2.45) is 0 Å². The summed E-state index contributed by atoms with van der Waals surface area (Å²) in [6, 6.07) is 4.75. The molecule has 82 valence electrons. The van der Waals surface area contributed by atoms with E-state index in [1.807, 2.05) is 0 Å². The van der Waals surface area contributed by atoms with Crippen molar-refractivity contribution in [3.05, 3.63) is 18.2 Å². The van der Waals surface area contributed by atoms with Gasteiger partial charge in [0.1, 0.15) is 5.25 Å². The second-order valence-corrected chi connectivity index (χ2v) is 4.35. The van der Waals surface area contributed by atoms with Crippen LogP contribution in [0.1, 0.15) is 6.92 Å². The van der Waals surface area contributed by atoms with E-state index in [4.69, 9.17) is 9.84 Å². The van der Waals surface area contributed by atoms with Gasteiger partial charge in [0.2, 0.25) is 0 Å². The summed E-state index contributed by atoms with van der Waals surface area (Å²) >= 11 is 1.20. The Bertz CT molecular complexity index is 364. The second-order valence-electron chi connectivity index (χ2n) is 2.93. The van der Waals surface area contributed by atoms with E-state index in [1.165, 1.54) is 24.9 Å². The number of hydrogen-bond donors (Lipinski definition) is 2. The zero-order chi connectivity index (χ0) is 11.4. The number of benzene rings is 1. The Hall–Kier alpha value is -1.36. The second kappa shape index (κ2) is 4.93. The van der Waals surface area contributed by atoms with E-state index in [-0.39, 0.29) is 5.75 Å². The number of phenols is 1. The van der Waals surface area contributed by atoms with Gasteiger partial charge in [0.05, 0.1) is 7.11 Å². The molecule has 2 N–H and O–H groups in total.